The molecule has 3 aliphatic rings. The van der Waals surface area contributed by atoms with Gasteiger partial charge in [-0.15, -0.1) is 0 Å². The molecule has 0 fully saturated rings. The van der Waals surface area contributed by atoms with Crippen LogP contribution >= 0.6 is 0 Å². The Morgan fingerprint density at radius 2 is 0.925 bits per heavy atom. The maximum Gasteiger partial charge on any atom is 0.132 e. The van der Waals surface area contributed by atoms with E-state index in [1.165, 1.54) is 61.2 Å². The Kier molecular flexibility index (Phi) is 6.25. The molecule has 11 rings (SSSR count). The van der Waals surface area contributed by atoms with Crippen LogP contribution < -0.4 is 4.74 Å². The van der Waals surface area contributed by atoms with Crippen LogP contribution in [0.4, 0.5) is 0 Å². The minimum Gasteiger partial charge on any atom is -0.457 e. The van der Waals surface area contributed by atoms with E-state index in [1.54, 1.807) is 0 Å². The van der Waals surface area contributed by atoms with E-state index in [9.17, 15) is 0 Å². The van der Waals surface area contributed by atoms with Gasteiger partial charge in [-0.3, -0.25) is 0 Å². The Labute approximate surface area is 310 Å². The molecule has 0 unspecified atom stereocenters. The first kappa shape index (κ1) is 30.1. The molecule has 1 aliphatic heterocycles. The van der Waals surface area contributed by atoms with Crippen molar-refractivity contribution in [3.8, 4) is 67.4 Å². The van der Waals surface area contributed by atoms with Gasteiger partial charge >= 0.3 is 0 Å². The summed E-state index contributed by atoms with van der Waals surface area (Å²) < 4.78 is 6.93. The van der Waals surface area contributed by atoms with Crippen molar-refractivity contribution in [3.63, 3.8) is 0 Å². The average Bonchev–Trinajstić information content (AvgIpc) is 3.63. The van der Waals surface area contributed by atoms with E-state index < -0.39 is 5.41 Å². The molecule has 0 N–H and O–H groups in total. The molecule has 0 amide bonds. The molecule has 0 saturated heterocycles. The largest absolute Gasteiger partial charge is 0.457 e. The van der Waals surface area contributed by atoms with Crippen LogP contribution in [0.1, 0.15) is 47.2 Å². The third-order valence-electron chi connectivity index (χ3n) is 11.9. The molecule has 2 aliphatic carbocycles. The van der Waals surface area contributed by atoms with Crippen LogP contribution in [-0.4, -0.2) is 4.98 Å². The zero-order chi connectivity index (χ0) is 35.3. The lowest BCUT2D eigenvalue weighted by Gasteiger charge is -2.40. The molecule has 0 radical (unpaired) electrons. The van der Waals surface area contributed by atoms with Crippen molar-refractivity contribution < 1.29 is 4.74 Å². The molecule has 53 heavy (non-hydrogen) atoms. The fourth-order valence-electron chi connectivity index (χ4n) is 9.49. The predicted molar refractivity (Wildman–Crippen MR) is 215 cm³/mol. The van der Waals surface area contributed by atoms with Gasteiger partial charge in [-0.2, -0.15) is 0 Å². The topological polar surface area (TPSA) is 22.1 Å². The Bertz CT molecular complexity index is 2670. The van der Waals surface area contributed by atoms with Crippen molar-refractivity contribution in [3.05, 3.63) is 209 Å². The Morgan fingerprint density at radius 3 is 1.62 bits per heavy atom. The molecule has 250 valence electrons. The molecule has 0 saturated carbocycles. The summed E-state index contributed by atoms with van der Waals surface area (Å²) in [7, 11) is 0. The van der Waals surface area contributed by atoms with Gasteiger partial charge in [-0.05, 0) is 92.0 Å². The molecule has 0 bridgehead atoms. The molecule has 2 heterocycles. The van der Waals surface area contributed by atoms with E-state index in [0.717, 1.165) is 39.6 Å². The highest BCUT2D eigenvalue weighted by molar-refractivity contribution is 5.92. The summed E-state index contributed by atoms with van der Waals surface area (Å²) >= 11 is 0. The number of pyridine rings is 1. The minimum absolute atomic E-state index is 0.220. The van der Waals surface area contributed by atoms with Crippen molar-refractivity contribution in [2.75, 3.05) is 0 Å². The maximum absolute atomic E-state index is 6.93. The van der Waals surface area contributed by atoms with Gasteiger partial charge in [0.1, 0.15) is 11.5 Å². The molecule has 7 aromatic carbocycles. The van der Waals surface area contributed by atoms with E-state index in [4.69, 9.17) is 9.72 Å². The Hall–Kier alpha value is -6.51. The van der Waals surface area contributed by atoms with E-state index in [2.05, 4.69) is 190 Å². The first-order valence-electron chi connectivity index (χ1n) is 18.5. The van der Waals surface area contributed by atoms with Crippen LogP contribution in [-0.2, 0) is 10.8 Å². The second-order valence-corrected chi connectivity index (χ2v) is 15.1. The number of nitrogens with zero attached hydrogens (tertiary/aromatic N) is 1. The van der Waals surface area contributed by atoms with Gasteiger partial charge in [0.25, 0.3) is 0 Å². The molecular weight excluding hydrogens is 643 g/mol. The van der Waals surface area contributed by atoms with Gasteiger partial charge in [-0.1, -0.05) is 153 Å². The van der Waals surface area contributed by atoms with E-state index >= 15 is 0 Å². The first-order valence-corrected chi connectivity index (χ1v) is 18.5. The third kappa shape index (κ3) is 4.18. The van der Waals surface area contributed by atoms with Gasteiger partial charge in [0, 0.05) is 27.7 Å². The number of hydrogen-bond donors (Lipinski definition) is 0. The second kappa shape index (κ2) is 11.0. The fourth-order valence-corrected chi connectivity index (χ4v) is 9.49. The lowest BCUT2D eigenvalue weighted by molar-refractivity contribution is 0.436. The Balaban J connectivity index is 1.13. The van der Waals surface area contributed by atoms with Crippen molar-refractivity contribution in [1.82, 2.24) is 4.98 Å². The lowest BCUT2D eigenvalue weighted by atomic mass is 9.65. The van der Waals surface area contributed by atoms with Crippen molar-refractivity contribution >= 4 is 0 Å². The molecule has 8 aromatic rings. The summed E-state index contributed by atoms with van der Waals surface area (Å²) in [4.78, 5) is 5.28. The number of benzene rings is 7. The van der Waals surface area contributed by atoms with Crippen LogP contribution in [0.5, 0.6) is 11.5 Å². The number of aromatic nitrogens is 1. The number of hydrogen-bond acceptors (Lipinski definition) is 2. The standard InChI is InChI=1S/C51H35NO/c1-50(2)40-26-25-34(47-29-35(32-15-5-3-6-16-32)28-46(52-47)33-17-7-4-8-18-33)27-38(40)39-30-49-45(31-44(39)50)51(43-23-13-14-24-48(43)53-49)41-21-11-9-19-36(41)37-20-10-12-22-42(37)51/h3-31H,1-2H3. The summed E-state index contributed by atoms with van der Waals surface area (Å²) in [5.41, 5.74) is 18.5. The van der Waals surface area contributed by atoms with Crippen molar-refractivity contribution in [2.45, 2.75) is 24.7 Å². The molecule has 1 aromatic heterocycles. The average molecular weight is 678 g/mol. The molecule has 2 heteroatoms. The third-order valence-corrected chi connectivity index (χ3v) is 11.9. The molecular formula is C51H35NO. The predicted octanol–water partition coefficient (Wildman–Crippen LogP) is 12.9. The smallest absolute Gasteiger partial charge is 0.132 e. The van der Waals surface area contributed by atoms with E-state index in [0.29, 0.717) is 0 Å². The zero-order valence-electron chi connectivity index (χ0n) is 29.6. The Morgan fingerprint density at radius 1 is 0.358 bits per heavy atom. The molecule has 1 spiro atoms. The maximum atomic E-state index is 6.93. The van der Waals surface area contributed by atoms with Crippen LogP contribution in [0.25, 0.3) is 55.9 Å². The van der Waals surface area contributed by atoms with Crippen molar-refractivity contribution in [2.24, 2.45) is 0 Å². The van der Waals surface area contributed by atoms with Gasteiger partial charge < -0.3 is 4.74 Å². The summed E-state index contributed by atoms with van der Waals surface area (Å²) in [6.07, 6.45) is 0. The highest BCUT2D eigenvalue weighted by Crippen LogP contribution is 2.64. The van der Waals surface area contributed by atoms with Crippen molar-refractivity contribution in [1.29, 1.82) is 0 Å². The number of ether oxygens (including phenoxy) is 1. The van der Waals surface area contributed by atoms with Gasteiger partial charge in [-0.25, -0.2) is 4.98 Å². The normalized spacial score (nSPS) is 14.7. The van der Waals surface area contributed by atoms with Crippen LogP contribution in [0.2, 0.25) is 0 Å². The summed E-state index contributed by atoms with van der Waals surface area (Å²) in [6, 6.07) is 63.8. The number of para-hydroxylation sites is 1. The van der Waals surface area contributed by atoms with Crippen LogP contribution in [0, 0.1) is 0 Å². The summed E-state index contributed by atoms with van der Waals surface area (Å²) in [6.45, 7) is 4.73. The van der Waals surface area contributed by atoms with Gasteiger partial charge in [0.15, 0.2) is 0 Å². The molecule has 2 nitrogen and oxygen atoms in total. The van der Waals surface area contributed by atoms with E-state index in [-0.39, 0.29) is 5.41 Å². The monoisotopic (exact) mass is 677 g/mol. The highest BCUT2D eigenvalue weighted by atomic mass is 16.5. The number of rotatable bonds is 3. The minimum atomic E-state index is -0.488. The van der Waals surface area contributed by atoms with Crippen LogP contribution in [0.15, 0.2) is 176 Å². The second-order valence-electron chi connectivity index (χ2n) is 15.1. The molecule has 0 atom stereocenters. The van der Waals surface area contributed by atoms with Crippen LogP contribution in [0.3, 0.4) is 0 Å². The summed E-state index contributed by atoms with van der Waals surface area (Å²) in [5, 5.41) is 0. The quantitative estimate of drug-likeness (QED) is 0.186. The lowest BCUT2D eigenvalue weighted by Crippen LogP contribution is -2.32. The van der Waals surface area contributed by atoms with E-state index in [1.807, 2.05) is 0 Å². The summed E-state index contributed by atoms with van der Waals surface area (Å²) in [5.74, 6) is 1.83. The SMILES string of the molecule is CC1(C)c2ccc(-c3cc(-c4ccccc4)cc(-c4ccccc4)n3)cc2-c2cc3c(cc21)C1(c2ccccc2O3)c2ccccc2-c2ccccc21. The number of fused-ring (bicyclic) bond motifs is 12. The van der Waals surface area contributed by atoms with Gasteiger partial charge in [0.2, 0.25) is 0 Å². The van der Waals surface area contributed by atoms with Gasteiger partial charge in [0.05, 0.1) is 16.8 Å². The fraction of sp³-hybridized carbons (Fsp3) is 0.0784. The highest BCUT2D eigenvalue weighted by Gasteiger charge is 2.52. The first-order chi connectivity index (χ1) is 26.0. The zero-order valence-corrected chi connectivity index (χ0v) is 29.6.